The number of halogens is 1. The van der Waals surface area contributed by atoms with Gasteiger partial charge < -0.3 is 10.3 Å². The lowest BCUT2D eigenvalue weighted by Gasteiger charge is -2.06. The number of aryl methyl sites for hydroxylation is 1. The van der Waals surface area contributed by atoms with E-state index in [-0.39, 0.29) is 5.75 Å². The third kappa shape index (κ3) is 1.88. The SMILES string of the molecule is Cc1ccc(O)c(-n2nc3ccc(Cl)cc3[n+]2[O-])c1. The van der Waals surface area contributed by atoms with Gasteiger partial charge in [0.2, 0.25) is 11.0 Å². The van der Waals surface area contributed by atoms with Crippen molar-refractivity contribution < 1.29 is 9.95 Å². The molecule has 6 heteroatoms. The van der Waals surface area contributed by atoms with Crippen molar-refractivity contribution in [2.24, 2.45) is 0 Å². The molecule has 2 aromatic carbocycles. The summed E-state index contributed by atoms with van der Waals surface area (Å²) >= 11 is 5.86. The molecule has 0 saturated carbocycles. The Hall–Kier alpha value is -2.27. The number of fused-ring (bicyclic) bond motifs is 1. The number of phenolic OH excluding ortho intramolecular Hbond substituents is 1. The van der Waals surface area contributed by atoms with Crippen molar-refractivity contribution in [3.05, 3.63) is 52.2 Å². The fraction of sp³-hybridized carbons (Fsp3) is 0.0769. The summed E-state index contributed by atoms with van der Waals surface area (Å²) in [6.45, 7) is 1.87. The summed E-state index contributed by atoms with van der Waals surface area (Å²) in [6.07, 6.45) is 0. The van der Waals surface area contributed by atoms with E-state index in [0.717, 1.165) is 10.4 Å². The van der Waals surface area contributed by atoms with Crippen LogP contribution in [0.25, 0.3) is 16.7 Å². The second kappa shape index (κ2) is 4.13. The molecule has 0 amide bonds. The molecule has 0 radical (unpaired) electrons. The Morgan fingerprint density at radius 2 is 2.05 bits per heavy atom. The van der Waals surface area contributed by atoms with E-state index in [1.807, 2.05) is 6.92 Å². The van der Waals surface area contributed by atoms with Gasteiger partial charge in [0.25, 0.3) is 0 Å². The van der Waals surface area contributed by atoms with Gasteiger partial charge in [-0.05, 0) is 41.5 Å². The predicted molar refractivity (Wildman–Crippen MR) is 71.4 cm³/mol. The molecule has 3 aromatic rings. The molecule has 0 aliphatic heterocycles. The highest BCUT2D eigenvalue weighted by Gasteiger charge is 2.18. The van der Waals surface area contributed by atoms with E-state index in [1.165, 1.54) is 6.07 Å². The number of aromatic nitrogens is 3. The molecular weight excluding hydrogens is 266 g/mol. The zero-order valence-electron chi connectivity index (χ0n) is 10.0. The number of benzene rings is 2. The summed E-state index contributed by atoms with van der Waals surface area (Å²) in [5, 5.41) is 26.7. The lowest BCUT2D eigenvalue weighted by molar-refractivity contribution is -0.664. The van der Waals surface area contributed by atoms with Gasteiger partial charge in [-0.25, -0.2) is 0 Å². The van der Waals surface area contributed by atoms with Gasteiger partial charge in [0.05, 0.1) is 5.10 Å². The van der Waals surface area contributed by atoms with Crippen molar-refractivity contribution in [3.63, 3.8) is 0 Å². The number of rotatable bonds is 1. The average Bonchev–Trinajstić information content (AvgIpc) is 2.70. The smallest absolute Gasteiger partial charge is 0.250 e. The lowest BCUT2D eigenvalue weighted by Crippen LogP contribution is -2.37. The molecule has 0 bridgehead atoms. The maximum atomic E-state index is 12.2. The van der Waals surface area contributed by atoms with Crippen molar-refractivity contribution >= 4 is 22.6 Å². The Kier molecular flexibility index (Phi) is 2.57. The van der Waals surface area contributed by atoms with Crippen LogP contribution in [0.15, 0.2) is 36.4 Å². The highest BCUT2D eigenvalue weighted by molar-refractivity contribution is 6.31. The van der Waals surface area contributed by atoms with Crippen LogP contribution < -0.4 is 4.85 Å². The Morgan fingerprint density at radius 3 is 2.84 bits per heavy atom. The zero-order valence-corrected chi connectivity index (χ0v) is 10.8. The van der Waals surface area contributed by atoms with Gasteiger partial charge in [-0.3, -0.25) is 0 Å². The van der Waals surface area contributed by atoms with Crippen molar-refractivity contribution in [1.29, 1.82) is 0 Å². The van der Waals surface area contributed by atoms with Crippen LogP contribution in [0.4, 0.5) is 0 Å². The van der Waals surface area contributed by atoms with Gasteiger partial charge >= 0.3 is 0 Å². The molecule has 3 rings (SSSR count). The molecule has 96 valence electrons. The molecule has 0 fully saturated rings. The molecule has 1 N–H and O–H groups in total. The van der Waals surface area contributed by atoms with Crippen molar-refractivity contribution in [1.82, 2.24) is 9.90 Å². The van der Waals surface area contributed by atoms with Crippen molar-refractivity contribution in [3.8, 4) is 11.4 Å². The first-order chi connectivity index (χ1) is 9.06. The molecule has 1 aromatic heterocycles. The van der Waals surface area contributed by atoms with Crippen molar-refractivity contribution in [2.45, 2.75) is 6.92 Å². The van der Waals surface area contributed by atoms with Gasteiger partial charge in [-0.2, -0.15) is 0 Å². The highest BCUT2D eigenvalue weighted by Crippen LogP contribution is 2.22. The normalized spacial score (nSPS) is 11.1. The van der Waals surface area contributed by atoms with Crippen LogP contribution in [0.5, 0.6) is 5.75 Å². The summed E-state index contributed by atoms with van der Waals surface area (Å²) < 4.78 is 0. The molecule has 0 unspecified atom stereocenters. The summed E-state index contributed by atoms with van der Waals surface area (Å²) in [5.41, 5.74) is 2.13. The van der Waals surface area contributed by atoms with E-state index in [2.05, 4.69) is 5.10 Å². The molecular formula is C13H10ClN3O2. The standard InChI is InChI=1S/C13H10ClN3O2/c1-8-2-5-13(18)12(6-8)16-15-10-4-3-9(14)7-11(10)17(16)19/h2-7,18H,1H3. The van der Waals surface area contributed by atoms with Gasteiger partial charge in [0, 0.05) is 11.1 Å². The second-order valence-electron chi connectivity index (χ2n) is 4.29. The van der Waals surface area contributed by atoms with Crippen molar-refractivity contribution in [2.75, 3.05) is 0 Å². The van der Waals surface area contributed by atoms with E-state index < -0.39 is 0 Å². The summed E-state index contributed by atoms with van der Waals surface area (Å²) in [7, 11) is 0. The van der Waals surface area contributed by atoms with E-state index in [9.17, 15) is 10.3 Å². The molecule has 5 nitrogen and oxygen atoms in total. The fourth-order valence-electron chi connectivity index (χ4n) is 1.92. The summed E-state index contributed by atoms with van der Waals surface area (Å²) in [4.78, 5) is 1.72. The second-order valence-corrected chi connectivity index (χ2v) is 4.72. The predicted octanol–water partition coefficient (Wildman–Crippen LogP) is 2.33. The first-order valence-corrected chi connectivity index (χ1v) is 6.02. The quantitative estimate of drug-likeness (QED) is 0.547. The largest absolute Gasteiger partial charge is 0.692 e. The summed E-state index contributed by atoms with van der Waals surface area (Å²) in [6, 6.07) is 9.85. The van der Waals surface area contributed by atoms with E-state index in [1.54, 1.807) is 30.3 Å². The summed E-state index contributed by atoms with van der Waals surface area (Å²) in [5.74, 6) is -0.00546. The maximum Gasteiger partial charge on any atom is 0.250 e. The topological polar surface area (TPSA) is 65.0 Å². The van der Waals surface area contributed by atoms with Gasteiger partial charge in [-0.15, -0.1) is 4.85 Å². The maximum absolute atomic E-state index is 12.2. The molecule has 0 aliphatic rings. The molecule has 0 spiro atoms. The molecule has 1 heterocycles. The van der Waals surface area contributed by atoms with Crippen LogP contribution in [-0.4, -0.2) is 15.0 Å². The molecule has 0 aliphatic carbocycles. The minimum absolute atomic E-state index is 0.00546. The van der Waals surface area contributed by atoms with Gasteiger partial charge in [0.1, 0.15) is 5.75 Å². The Morgan fingerprint density at radius 1 is 1.26 bits per heavy atom. The number of hydrogen-bond acceptors (Lipinski definition) is 3. The monoisotopic (exact) mass is 275 g/mol. The Labute approximate surface area is 113 Å². The Bertz CT molecular complexity index is 783. The fourth-order valence-corrected chi connectivity index (χ4v) is 2.09. The molecule has 19 heavy (non-hydrogen) atoms. The molecule has 0 saturated heterocycles. The van der Waals surface area contributed by atoms with Crippen LogP contribution in [0.1, 0.15) is 5.56 Å². The minimum atomic E-state index is -0.00546. The number of phenols is 1. The van der Waals surface area contributed by atoms with Crippen LogP contribution in [0.3, 0.4) is 0 Å². The Balaban J connectivity index is 2.31. The molecule has 0 atom stereocenters. The first kappa shape index (κ1) is 11.8. The van der Waals surface area contributed by atoms with Gasteiger partial charge in [0.15, 0.2) is 5.69 Å². The van der Waals surface area contributed by atoms with E-state index in [4.69, 9.17) is 11.6 Å². The number of aromatic hydroxyl groups is 1. The zero-order chi connectivity index (χ0) is 13.6. The minimum Gasteiger partial charge on any atom is -0.692 e. The highest BCUT2D eigenvalue weighted by atomic mass is 35.5. The lowest BCUT2D eigenvalue weighted by atomic mass is 10.2. The van der Waals surface area contributed by atoms with Crippen LogP contribution in [0.2, 0.25) is 5.02 Å². The van der Waals surface area contributed by atoms with E-state index >= 15 is 0 Å². The van der Waals surface area contributed by atoms with Crippen LogP contribution in [0, 0.1) is 12.1 Å². The third-order valence-corrected chi connectivity index (χ3v) is 3.10. The number of nitrogens with zero attached hydrogens (tertiary/aromatic N) is 3. The van der Waals surface area contributed by atoms with Gasteiger partial charge in [-0.1, -0.05) is 17.7 Å². The third-order valence-electron chi connectivity index (χ3n) is 2.86. The van der Waals surface area contributed by atoms with Crippen LogP contribution >= 0.6 is 11.6 Å². The van der Waals surface area contributed by atoms with Crippen LogP contribution in [-0.2, 0) is 0 Å². The first-order valence-electron chi connectivity index (χ1n) is 5.64. The number of hydrogen-bond donors (Lipinski definition) is 1. The average molecular weight is 276 g/mol. The van der Waals surface area contributed by atoms with E-state index in [0.29, 0.717) is 26.6 Å².